The summed E-state index contributed by atoms with van der Waals surface area (Å²) in [5.41, 5.74) is 0. The molecule has 1 aliphatic rings. The fraction of sp³-hybridized carbons (Fsp3) is 0.700. The molecule has 1 rings (SSSR count). The normalized spacial score (nSPS) is 22.5. The van der Waals surface area contributed by atoms with Crippen LogP contribution in [0.2, 0.25) is 0 Å². The van der Waals surface area contributed by atoms with Gasteiger partial charge in [-0.15, -0.1) is 0 Å². The molecule has 2 unspecified atom stereocenters. The minimum absolute atomic E-state index is 0.359. The second-order valence-corrected chi connectivity index (χ2v) is 6.38. The van der Waals surface area contributed by atoms with Gasteiger partial charge in [-0.3, -0.25) is 0 Å². The maximum atomic E-state index is 4.45. The molecule has 1 heterocycles. The van der Waals surface area contributed by atoms with Crippen LogP contribution in [-0.4, -0.2) is 38.5 Å². The Morgan fingerprint density at radius 1 is 1.40 bits per heavy atom. The molecule has 0 saturated carbocycles. The third-order valence-corrected chi connectivity index (χ3v) is 6.30. The average Bonchev–Trinajstić information content (AvgIpc) is 2.21. The Bertz CT molecular complexity index is 298. The van der Waals surface area contributed by atoms with Crippen molar-refractivity contribution in [2.24, 2.45) is 4.99 Å². The van der Waals surface area contributed by atoms with Gasteiger partial charge in [0.05, 0.1) is 0 Å². The van der Waals surface area contributed by atoms with Crippen molar-refractivity contribution in [3.8, 4) is 0 Å². The zero-order valence-corrected chi connectivity index (χ0v) is 14.9. The van der Waals surface area contributed by atoms with Crippen molar-refractivity contribution in [3.05, 3.63) is 9.09 Å². The molecule has 5 heteroatoms. The second-order valence-electron chi connectivity index (χ2n) is 3.66. The summed E-state index contributed by atoms with van der Waals surface area (Å²) < 4.78 is 3.29. The molecule has 0 fully saturated rings. The Morgan fingerprint density at radius 2 is 1.93 bits per heavy atom. The van der Waals surface area contributed by atoms with Crippen LogP contribution in [-0.2, 0) is 0 Å². The van der Waals surface area contributed by atoms with Gasteiger partial charge in [0.2, 0.25) is 0 Å². The fourth-order valence-electron chi connectivity index (χ4n) is 1.87. The predicted octanol–water partition coefficient (Wildman–Crippen LogP) is 2.83. The van der Waals surface area contributed by atoms with Gasteiger partial charge in [-0.2, -0.15) is 0 Å². The van der Waals surface area contributed by atoms with Gasteiger partial charge < -0.3 is 0 Å². The number of hydrogen-bond acceptors (Lipinski definition) is 2. The molecular weight excluding hydrogens is 383 g/mol. The van der Waals surface area contributed by atoms with Crippen molar-refractivity contribution in [2.45, 2.75) is 45.7 Å². The monoisotopic (exact) mass is 398 g/mol. The third-order valence-electron chi connectivity index (χ3n) is 2.79. The minimum atomic E-state index is 0.359. The third kappa shape index (κ3) is 2.89. The van der Waals surface area contributed by atoms with Crippen molar-refractivity contribution < 1.29 is 0 Å². The van der Waals surface area contributed by atoms with Crippen LogP contribution in [0.15, 0.2) is 14.1 Å². The Labute approximate surface area is 117 Å². The molecule has 0 radical (unpaired) electrons. The summed E-state index contributed by atoms with van der Waals surface area (Å²) in [5.74, 6) is 0. The van der Waals surface area contributed by atoms with Crippen molar-refractivity contribution in [1.82, 2.24) is 4.90 Å². The van der Waals surface area contributed by atoms with Gasteiger partial charge in [-0.25, -0.2) is 0 Å². The topological polar surface area (TPSA) is 15.6 Å². The first kappa shape index (κ1) is 13.8. The van der Waals surface area contributed by atoms with E-state index < -0.39 is 0 Å². The first-order valence-corrected chi connectivity index (χ1v) is 8.00. The van der Waals surface area contributed by atoms with Gasteiger partial charge in [0.15, 0.2) is 0 Å². The molecular formula is C10H17AsBr2N2. The molecule has 2 atom stereocenters. The molecule has 0 N–H and O–H groups in total. The molecule has 0 saturated heterocycles. The zero-order valence-electron chi connectivity index (χ0n) is 9.30. The van der Waals surface area contributed by atoms with Gasteiger partial charge in [0, 0.05) is 0 Å². The second kappa shape index (κ2) is 5.88. The molecule has 15 heavy (non-hydrogen) atoms. The zero-order chi connectivity index (χ0) is 11.6. The van der Waals surface area contributed by atoms with E-state index in [1.807, 2.05) is 0 Å². The van der Waals surface area contributed by atoms with E-state index in [1.165, 1.54) is 17.3 Å². The van der Waals surface area contributed by atoms with Gasteiger partial charge in [0.25, 0.3) is 0 Å². The molecule has 0 spiro atoms. The molecule has 0 aromatic carbocycles. The number of rotatable bonds is 3. The van der Waals surface area contributed by atoms with Crippen LogP contribution in [0.1, 0.15) is 33.6 Å². The van der Waals surface area contributed by atoms with E-state index in [0.717, 1.165) is 9.23 Å². The molecule has 0 aromatic rings. The van der Waals surface area contributed by atoms with E-state index in [9.17, 15) is 0 Å². The van der Waals surface area contributed by atoms with Crippen LogP contribution < -0.4 is 0 Å². The molecule has 86 valence electrons. The van der Waals surface area contributed by atoms with Crippen molar-refractivity contribution in [3.63, 3.8) is 0 Å². The SMILES string of the molecule is CCC(CC)N1C([AsH2])=C(Br)N=C(Br)C1C. The van der Waals surface area contributed by atoms with Crippen molar-refractivity contribution in [1.29, 1.82) is 0 Å². The first-order valence-electron chi connectivity index (χ1n) is 5.20. The van der Waals surface area contributed by atoms with Crippen LogP contribution in [0.25, 0.3) is 0 Å². The first-order chi connectivity index (χ1) is 7.02. The van der Waals surface area contributed by atoms with Crippen LogP contribution >= 0.6 is 31.9 Å². The van der Waals surface area contributed by atoms with Crippen LogP contribution in [0, 0.1) is 0 Å². The molecule has 0 aromatic heterocycles. The standard InChI is InChI=1S/C10H17AsBr2N2/c1-4-7(5-2)15-6(3)9(12)14-10(13)8(15)11/h6-7H,4-5,11H2,1-3H3. The van der Waals surface area contributed by atoms with Gasteiger partial charge in [-0.1, -0.05) is 0 Å². The van der Waals surface area contributed by atoms with Crippen LogP contribution in [0.5, 0.6) is 0 Å². The van der Waals surface area contributed by atoms with Crippen LogP contribution in [0.3, 0.4) is 0 Å². The Kier molecular flexibility index (Phi) is 5.41. The van der Waals surface area contributed by atoms with Gasteiger partial charge >= 0.3 is 118 Å². The van der Waals surface area contributed by atoms with E-state index in [0.29, 0.717) is 12.1 Å². The number of hydrogen-bond donors (Lipinski definition) is 0. The van der Waals surface area contributed by atoms with E-state index in [1.54, 1.807) is 16.9 Å². The summed E-state index contributed by atoms with van der Waals surface area (Å²) >= 11 is 8.70. The molecule has 0 amide bonds. The van der Waals surface area contributed by atoms with E-state index in [-0.39, 0.29) is 0 Å². The molecule has 2 nitrogen and oxygen atoms in total. The summed E-state index contributed by atoms with van der Waals surface area (Å²) in [7, 11) is 0. The summed E-state index contributed by atoms with van der Waals surface area (Å²) in [6.45, 7) is 6.69. The maximum absolute atomic E-state index is 4.45. The molecule has 1 aliphatic heterocycles. The van der Waals surface area contributed by atoms with Crippen LogP contribution in [0.4, 0.5) is 0 Å². The summed E-state index contributed by atoms with van der Waals surface area (Å²) in [6, 6.07) is 0.968. The summed E-state index contributed by atoms with van der Waals surface area (Å²) in [6.07, 6.45) is 2.35. The number of halogens is 2. The van der Waals surface area contributed by atoms with Gasteiger partial charge in [-0.05, 0) is 0 Å². The Balaban J connectivity index is 3.02. The fourth-order valence-corrected chi connectivity index (χ4v) is 3.95. The number of nitrogens with zero attached hydrogens (tertiary/aromatic N) is 2. The van der Waals surface area contributed by atoms with E-state index >= 15 is 0 Å². The van der Waals surface area contributed by atoms with E-state index in [2.05, 4.69) is 62.5 Å². The average molecular weight is 400 g/mol. The van der Waals surface area contributed by atoms with Gasteiger partial charge in [0.1, 0.15) is 0 Å². The van der Waals surface area contributed by atoms with Crippen molar-refractivity contribution in [2.75, 3.05) is 0 Å². The molecule has 0 bridgehead atoms. The van der Waals surface area contributed by atoms with E-state index in [4.69, 9.17) is 0 Å². The quantitative estimate of drug-likeness (QED) is 0.526. The summed E-state index contributed by atoms with van der Waals surface area (Å²) in [4.78, 5) is 6.92. The Morgan fingerprint density at radius 3 is 2.40 bits per heavy atom. The molecule has 0 aliphatic carbocycles. The number of aliphatic imine (C=N–C) groups is 1. The Hall–Kier alpha value is 0.728. The summed E-state index contributed by atoms with van der Waals surface area (Å²) in [5, 5.41) is 0. The van der Waals surface area contributed by atoms with Crippen molar-refractivity contribution >= 4 is 53.3 Å². The predicted molar refractivity (Wildman–Crippen MR) is 76.5 cm³/mol.